The summed E-state index contributed by atoms with van der Waals surface area (Å²) in [5.41, 5.74) is 3.72. The van der Waals surface area contributed by atoms with Crippen molar-refractivity contribution in [1.82, 2.24) is 15.2 Å². The summed E-state index contributed by atoms with van der Waals surface area (Å²) in [5, 5.41) is 3.70. The van der Waals surface area contributed by atoms with Crippen LogP contribution in [0.1, 0.15) is 45.4 Å². The number of rotatable bonds is 8. The van der Waals surface area contributed by atoms with Crippen LogP contribution < -0.4 is 5.32 Å². The maximum atomic E-state index is 14.2. The van der Waals surface area contributed by atoms with Crippen LogP contribution in [0.5, 0.6) is 0 Å². The maximum absolute atomic E-state index is 14.2. The molecular weight excluding hydrogens is 496 g/mol. The molecule has 0 aliphatic carbocycles. The molecule has 0 bridgehead atoms. The molecule has 0 radical (unpaired) electrons. The zero-order chi connectivity index (χ0) is 24.1. The normalized spacial score (nSPS) is 15.9. The number of nitrogens with one attached hydrogen (secondary N) is 1. The van der Waals surface area contributed by atoms with Crippen molar-refractivity contribution < 1.29 is 13.9 Å². The van der Waals surface area contributed by atoms with Gasteiger partial charge in [-0.05, 0) is 49.6 Å². The first-order chi connectivity index (χ1) is 16.4. The van der Waals surface area contributed by atoms with Gasteiger partial charge >= 0.3 is 0 Å². The van der Waals surface area contributed by atoms with Crippen LogP contribution in [-0.4, -0.2) is 41.5 Å². The van der Waals surface area contributed by atoms with E-state index >= 15 is 0 Å². The number of halogens is 3. The molecule has 1 amide bonds. The van der Waals surface area contributed by atoms with Gasteiger partial charge in [0.05, 0.1) is 40.5 Å². The van der Waals surface area contributed by atoms with E-state index in [-0.39, 0.29) is 22.7 Å². The van der Waals surface area contributed by atoms with Crippen LogP contribution in [0.3, 0.4) is 0 Å². The summed E-state index contributed by atoms with van der Waals surface area (Å²) in [6.07, 6.45) is 1.94. The third-order valence-corrected chi connectivity index (χ3v) is 7.65. The molecule has 1 unspecified atom stereocenters. The molecule has 9 heteroatoms. The molecule has 1 atom stereocenters. The van der Waals surface area contributed by atoms with Crippen LogP contribution >= 0.6 is 34.5 Å². The largest absolute Gasteiger partial charge is 0.373 e. The summed E-state index contributed by atoms with van der Waals surface area (Å²) in [6, 6.07) is 11.9. The van der Waals surface area contributed by atoms with E-state index in [1.807, 2.05) is 36.7 Å². The van der Waals surface area contributed by atoms with Crippen LogP contribution in [0.4, 0.5) is 4.39 Å². The minimum absolute atomic E-state index is 0.0563. The van der Waals surface area contributed by atoms with Crippen molar-refractivity contribution in [3.8, 4) is 0 Å². The number of thiazole rings is 1. The van der Waals surface area contributed by atoms with E-state index in [2.05, 4.69) is 15.2 Å². The van der Waals surface area contributed by atoms with Gasteiger partial charge in [0.2, 0.25) is 0 Å². The minimum Gasteiger partial charge on any atom is -0.373 e. The lowest BCUT2D eigenvalue weighted by atomic mass is 10.0. The Labute approximate surface area is 212 Å². The van der Waals surface area contributed by atoms with Crippen molar-refractivity contribution in [3.05, 3.63) is 85.5 Å². The highest BCUT2D eigenvalue weighted by atomic mass is 35.5. The zero-order valence-electron chi connectivity index (χ0n) is 18.8. The van der Waals surface area contributed by atoms with E-state index in [0.29, 0.717) is 18.2 Å². The Balaban J connectivity index is 1.38. The number of benzene rings is 2. The Bertz CT molecular complexity index is 1100. The molecule has 0 spiro atoms. The van der Waals surface area contributed by atoms with E-state index in [4.69, 9.17) is 27.9 Å². The molecule has 2 aromatic carbocycles. The molecule has 3 aromatic rings. The van der Waals surface area contributed by atoms with Crippen LogP contribution in [0.15, 0.2) is 48.0 Å². The quantitative estimate of drug-likeness (QED) is 0.392. The second kappa shape index (κ2) is 11.6. The lowest BCUT2D eigenvalue weighted by Crippen LogP contribution is -2.43. The van der Waals surface area contributed by atoms with Gasteiger partial charge in [-0.1, -0.05) is 41.4 Å². The SMILES string of the molecule is Cc1ncsc1C(CNC(=O)c1c(F)cccc1Cl)N1CCC(OCc2ccc(Cl)cc2)CC1. The number of aryl methyl sites for hydroxylation is 1. The van der Waals surface area contributed by atoms with E-state index in [0.717, 1.165) is 42.1 Å². The Hall–Kier alpha value is -2.03. The third kappa shape index (κ3) is 6.15. The molecule has 2 heterocycles. The van der Waals surface area contributed by atoms with Crippen LogP contribution in [0, 0.1) is 12.7 Å². The molecule has 1 fully saturated rings. The van der Waals surface area contributed by atoms with Crippen LogP contribution in [0.25, 0.3) is 0 Å². The van der Waals surface area contributed by atoms with E-state index in [1.165, 1.54) is 18.2 Å². The second-order valence-corrected chi connectivity index (χ2v) is 10.0. The van der Waals surface area contributed by atoms with Crippen molar-refractivity contribution in [1.29, 1.82) is 0 Å². The molecule has 1 aromatic heterocycles. The number of piperidine rings is 1. The number of hydrogen-bond acceptors (Lipinski definition) is 5. The first-order valence-electron chi connectivity index (χ1n) is 11.1. The number of nitrogens with zero attached hydrogens (tertiary/aromatic N) is 2. The minimum atomic E-state index is -0.630. The zero-order valence-corrected chi connectivity index (χ0v) is 21.1. The Morgan fingerprint density at radius 3 is 2.62 bits per heavy atom. The van der Waals surface area contributed by atoms with E-state index in [9.17, 15) is 9.18 Å². The van der Waals surface area contributed by atoms with Crippen molar-refractivity contribution in [2.75, 3.05) is 19.6 Å². The number of likely N-dealkylation sites (tertiary alicyclic amines) is 1. The summed E-state index contributed by atoms with van der Waals surface area (Å²) in [5.74, 6) is -1.15. The smallest absolute Gasteiger partial charge is 0.255 e. The molecule has 0 saturated carbocycles. The molecule has 1 N–H and O–H groups in total. The number of carbonyl (C=O) groups is 1. The van der Waals surface area contributed by atoms with Gasteiger partial charge in [0.1, 0.15) is 5.82 Å². The topological polar surface area (TPSA) is 54.5 Å². The number of aromatic nitrogens is 1. The number of carbonyl (C=O) groups excluding carboxylic acids is 1. The molecule has 34 heavy (non-hydrogen) atoms. The lowest BCUT2D eigenvalue weighted by Gasteiger charge is -2.37. The number of amides is 1. The predicted octanol–water partition coefficient (Wildman–Crippen LogP) is 6.05. The van der Waals surface area contributed by atoms with E-state index < -0.39 is 11.7 Å². The Kier molecular flexibility index (Phi) is 8.55. The van der Waals surface area contributed by atoms with Gasteiger partial charge in [-0.15, -0.1) is 11.3 Å². The van der Waals surface area contributed by atoms with Gasteiger partial charge < -0.3 is 10.1 Å². The molecule has 1 aliphatic rings. The van der Waals surface area contributed by atoms with Crippen molar-refractivity contribution in [3.63, 3.8) is 0 Å². The average molecular weight is 522 g/mol. The highest BCUT2D eigenvalue weighted by molar-refractivity contribution is 7.09. The molecular formula is C25H26Cl2FN3O2S. The second-order valence-electron chi connectivity index (χ2n) is 8.30. The highest BCUT2D eigenvalue weighted by Crippen LogP contribution is 2.30. The summed E-state index contributed by atoms with van der Waals surface area (Å²) in [6.45, 7) is 4.51. The fourth-order valence-corrected chi connectivity index (χ4v) is 5.47. The fraction of sp³-hybridized carbons (Fsp3) is 0.360. The van der Waals surface area contributed by atoms with Gasteiger partial charge in [0, 0.05) is 29.5 Å². The highest BCUT2D eigenvalue weighted by Gasteiger charge is 2.29. The third-order valence-electron chi connectivity index (χ3n) is 6.05. The molecule has 5 nitrogen and oxygen atoms in total. The average Bonchev–Trinajstić information content (AvgIpc) is 3.25. The van der Waals surface area contributed by atoms with Crippen LogP contribution in [0.2, 0.25) is 10.0 Å². The lowest BCUT2D eigenvalue weighted by molar-refractivity contribution is -0.0110. The Morgan fingerprint density at radius 2 is 1.97 bits per heavy atom. The van der Waals surface area contributed by atoms with Gasteiger partial charge in [-0.2, -0.15) is 0 Å². The first kappa shape index (κ1) is 25.1. The van der Waals surface area contributed by atoms with Gasteiger partial charge in [-0.3, -0.25) is 9.69 Å². The molecule has 4 rings (SSSR count). The predicted molar refractivity (Wildman–Crippen MR) is 134 cm³/mol. The Morgan fingerprint density at radius 1 is 1.24 bits per heavy atom. The van der Waals surface area contributed by atoms with Gasteiger partial charge in [0.15, 0.2) is 0 Å². The monoisotopic (exact) mass is 521 g/mol. The van der Waals surface area contributed by atoms with Crippen LogP contribution in [-0.2, 0) is 11.3 Å². The van der Waals surface area contributed by atoms with Crippen molar-refractivity contribution in [2.24, 2.45) is 0 Å². The standard InChI is InChI=1S/C25H26Cl2FN3O2S/c1-16-24(34-15-30-16)22(13-29-25(32)23-20(27)3-2-4-21(23)28)31-11-9-19(10-12-31)33-14-17-5-7-18(26)8-6-17/h2-8,15,19,22H,9-14H2,1H3,(H,29,32). The summed E-state index contributed by atoms with van der Waals surface area (Å²) < 4.78 is 20.3. The van der Waals surface area contributed by atoms with Crippen molar-refractivity contribution >= 4 is 40.4 Å². The molecule has 1 saturated heterocycles. The first-order valence-corrected chi connectivity index (χ1v) is 12.8. The summed E-state index contributed by atoms with van der Waals surface area (Å²) >= 11 is 13.6. The number of hydrogen-bond donors (Lipinski definition) is 1. The fourth-order valence-electron chi connectivity index (χ4n) is 4.16. The molecule has 180 valence electrons. The van der Waals surface area contributed by atoms with E-state index in [1.54, 1.807) is 11.3 Å². The van der Waals surface area contributed by atoms with Gasteiger partial charge in [-0.25, -0.2) is 9.37 Å². The van der Waals surface area contributed by atoms with Gasteiger partial charge in [0.25, 0.3) is 5.91 Å². The molecule has 1 aliphatic heterocycles. The summed E-state index contributed by atoms with van der Waals surface area (Å²) in [7, 11) is 0. The maximum Gasteiger partial charge on any atom is 0.255 e. The van der Waals surface area contributed by atoms with Crippen molar-refractivity contribution in [2.45, 2.75) is 38.5 Å². The summed E-state index contributed by atoms with van der Waals surface area (Å²) in [4.78, 5) is 20.6. The number of ether oxygens (including phenoxy) is 1.